The van der Waals surface area contributed by atoms with E-state index in [1.807, 2.05) is 40.2 Å². The molecule has 148 heavy (non-hydrogen) atoms. The number of piperidine rings is 2. The van der Waals surface area contributed by atoms with Crippen LogP contribution in [0.1, 0.15) is 275 Å². The second-order valence-electron chi connectivity index (χ2n) is 50.4. The zero-order valence-corrected chi connectivity index (χ0v) is 97.0. The minimum absolute atomic E-state index is 0.189. The van der Waals surface area contributed by atoms with Gasteiger partial charge in [-0.15, -0.1) is 0 Å². The van der Waals surface area contributed by atoms with Crippen molar-refractivity contribution in [2.45, 2.75) is 280 Å². The third-order valence-electron chi connectivity index (χ3n) is 28.9. The van der Waals surface area contributed by atoms with Crippen LogP contribution in [-0.4, -0.2) is 228 Å². The minimum Gasteiger partial charge on any atom is -0.490 e. The highest BCUT2D eigenvalue weighted by molar-refractivity contribution is 5.53. The lowest BCUT2D eigenvalue weighted by Gasteiger charge is -2.36. The van der Waals surface area contributed by atoms with Gasteiger partial charge in [0.25, 0.3) is 0 Å². The average Bonchev–Trinajstić information content (AvgIpc) is 1.63. The van der Waals surface area contributed by atoms with Crippen LogP contribution in [0.3, 0.4) is 0 Å². The molecule has 18 rings (SSSR count). The van der Waals surface area contributed by atoms with E-state index < -0.39 is 0 Å². The van der Waals surface area contributed by atoms with E-state index in [0.29, 0.717) is 6.10 Å². The van der Waals surface area contributed by atoms with Crippen LogP contribution in [0, 0.1) is 0 Å². The van der Waals surface area contributed by atoms with Crippen molar-refractivity contribution < 1.29 is 14.6 Å². The van der Waals surface area contributed by atoms with Gasteiger partial charge in [0.1, 0.15) is 17.7 Å². The van der Waals surface area contributed by atoms with Gasteiger partial charge in [-0.05, 0) is 254 Å². The molecule has 7 aliphatic heterocycles. The number of ether oxygens (including phenoxy) is 2. The number of morpholine rings is 1. The Balaban J connectivity index is 0.000000170. The Hall–Kier alpha value is -10.2. The summed E-state index contributed by atoms with van der Waals surface area (Å²) in [5, 5.41) is 23.2. The number of imidazole rings is 1. The molecule has 3 aromatic heterocycles. The first-order valence-electron chi connectivity index (χ1n) is 55.6. The molecule has 11 aromatic rings. The maximum absolute atomic E-state index is 8.95. The van der Waals surface area contributed by atoms with E-state index in [2.05, 4.69) is 470 Å². The topological polar surface area (TPSA) is 149 Å². The second kappa shape index (κ2) is 56.2. The summed E-state index contributed by atoms with van der Waals surface area (Å²) in [4.78, 5) is 28.0. The molecule has 7 fully saturated rings. The fourth-order valence-electron chi connectivity index (χ4n) is 18.5. The molecule has 19 nitrogen and oxygen atoms in total. The van der Waals surface area contributed by atoms with Crippen molar-refractivity contribution in [2.75, 3.05) is 202 Å². The minimum atomic E-state index is 0.189. The molecular weight excluding hydrogens is 1820 g/mol. The van der Waals surface area contributed by atoms with Gasteiger partial charge in [0.05, 0.1) is 31.8 Å². The molecule has 4 N–H and O–H groups in total. The first kappa shape index (κ1) is 120. The summed E-state index contributed by atoms with van der Waals surface area (Å²) >= 11 is 0. The Kier molecular flexibility index (Phi) is 45.5. The van der Waals surface area contributed by atoms with E-state index in [4.69, 9.17) is 14.6 Å². The van der Waals surface area contributed by atoms with Gasteiger partial charge >= 0.3 is 0 Å². The smallest absolute Gasteiger partial charge is 0.128 e. The number of β-amino-alcohol motifs (C(OH)–C–C–N with tert-alkyl or cyclic N) is 1. The van der Waals surface area contributed by atoms with Crippen LogP contribution < -0.4 is 45.2 Å². The number of benzene rings is 8. The van der Waals surface area contributed by atoms with Crippen molar-refractivity contribution in [3.05, 3.63) is 305 Å². The number of hydrogen-bond donors (Lipinski definition) is 4. The number of aromatic nitrogens is 5. The standard InChI is InChI=1S/C16H26N2O.C16H26N2.C15H23NO.C15H23N.C14H22N2.C14H21NO.C13H21N3.2C13H16N2/c1-16(2,3)14-4-6-15(7-5-14)18-10-8-17(9-11-18)12-13-19;1-16(2,3)15-7-5-14(6-8-15)13-18-11-9-17(4)10-12-18;1-15(2,3)12-4-6-13(7-5-12)17-14-8-10-16-11-9-14;1-15(2,3)13-7-9-14(10-8-13)16-11-5-4-6-12-16;1-14(2,3)12-4-6-13(7-5-12)16-10-8-15-9-11-16;1-14(2,3)12-4-6-13(7-5-12)15-8-10-16-11-9-15;1-13(2,3)11-4-5-12(15-10-11)16-8-6-14-7-9-16;1-13(2,3)11-5-7-12(8-6-11)15-10-4-9-14-15;1-13(2,3)11-4-6-12(7-5-11)15-9-8-14-10-15/h4-7,19H,8-13H2,1-3H3;5-8H,9-13H2,1-4H3;4-7,14,16H,8-11H2,1-3H3;7-10H,4-6,11-12H2,1-3H3;4-7,15H,8-11H2,1-3H3;4-7H,8-11H2,1-3H3;4-5,10,14H,6-9H2,1-3H3;2*4-10H,1-3H3. The van der Waals surface area contributed by atoms with Gasteiger partial charge < -0.3 is 64.5 Å². The summed E-state index contributed by atoms with van der Waals surface area (Å²) in [7, 11) is 2.20. The molecule has 0 atom stereocenters. The van der Waals surface area contributed by atoms with Crippen LogP contribution in [0.5, 0.6) is 5.75 Å². The second-order valence-corrected chi connectivity index (χ2v) is 50.4. The van der Waals surface area contributed by atoms with Gasteiger partial charge in [0, 0.05) is 203 Å². The molecule has 0 saturated carbocycles. The number of rotatable bonds is 13. The molecule has 0 unspecified atom stereocenters. The van der Waals surface area contributed by atoms with Gasteiger partial charge in [-0.1, -0.05) is 302 Å². The number of hydrogen-bond acceptors (Lipinski definition) is 17. The Labute approximate surface area is 897 Å². The van der Waals surface area contributed by atoms with Crippen LogP contribution in [0.15, 0.2) is 250 Å². The highest BCUT2D eigenvalue weighted by Gasteiger charge is 2.27. The van der Waals surface area contributed by atoms with Gasteiger partial charge in [0.2, 0.25) is 0 Å². The lowest BCUT2D eigenvalue weighted by atomic mass is 9.87. The third kappa shape index (κ3) is 40.5. The number of aliphatic hydroxyl groups excluding tert-OH is 1. The first-order chi connectivity index (χ1) is 69.9. The normalized spacial score (nSPS) is 16.6. The Morgan fingerprint density at radius 1 is 0.324 bits per heavy atom. The fraction of sp³-hybridized carbons (Fsp3) is 0.543. The number of piperazine rings is 4. The Morgan fingerprint density at radius 2 is 0.662 bits per heavy atom. The van der Waals surface area contributed by atoms with E-state index in [0.717, 1.165) is 167 Å². The number of pyridine rings is 1. The maximum Gasteiger partial charge on any atom is 0.128 e. The molecule has 808 valence electrons. The molecule has 7 aliphatic rings. The van der Waals surface area contributed by atoms with Crippen LogP contribution in [0.4, 0.5) is 28.6 Å². The monoisotopic (exact) mass is 2020 g/mol. The number of nitrogens with zero attached hydrogens (tertiary/aromatic N) is 13. The maximum atomic E-state index is 8.95. The predicted molar refractivity (Wildman–Crippen MR) is 633 cm³/mol. The molecular formula is C129H194N16O3. The molecule has 0 bridgehead atoms. The molecule has 0 spiro atoms. The van der Waals surface area contributed by atoms with Crippen LogP contribution in [-0.2, 0) is 60.0 Å². The quantitative estimate of drug-likeness (QED) is 0.0866. The van der Waals surface area contributed by atoms with E-state index >= 15 is 0 Å². The lowest BCUT2D eigenvalue weighted by molar-refractivity contribution is 0.122. The number of aliphatic hydroxyl groups is 1. The molecule has 8 aromatic carbocycles. The SMILES string of the molecule is CC(C)(C)c1ccc(-n2cccn2)cc1.CC(C)(C)c1ccc(-n2ccnc2)cc1.CC(C)(C)c1ccc(N2CCCCC2)cc1.CC(C)(C)c1ccc(N2CCN(CCO)CC2)cc1.CC(C)(C)c1ccc(N2CCNCC2)cc1.CC(C)(C)c1ccc(N2CCNCC2)nc1.CC(C)(C)c1ccc(N2CCOCC2)cc1.CC(C)(C)c1ccc(OC2CCNCC2)cc1.CN1CCN(Cc2ccc(C(C)(C)C)cc2)CC1. The molecule has 7 saturated heterocycles. The van der Waals surface area contributed by atoms with Gasteiger partial charge in [0.15, 0.2) is 0 Å². The Morgan fingerprint density at radius 3 is 1.02 bits per heavy atom. The molecule has 19 heteroatoms. The zero-order chi connectivity index (χ0) is 108. The van der Waals surface area contributed by atoms with Crippen molar-refractivity contribution in [2.24, 2.45) is 0 Å². The summed E-state index contributed by atoms with van der Waals surface area (Å²) in [5.74, 6) is 2.11. The van der Waals surface area contributed by atoms with Crippen LogP contribution in [0.2, 0.25) is 0 Å². The molecule has 0 aliphatic carbocycles. The molecule has 10 heterocycles. The highest BCUT2D eigenvalue weighted by atomic mass is 16.5. The van der Waals surface area contributed by atoms with Gasteiger partial charge in [-0.2, -0.15) is 5.10 Å². The summed E-state index contributed by atoms with van der Waals surface area (Å²) in [6, 6.07) is 77.2. The summed E-state index contributed by atoms with van der Waals surface area (Å²) < 4.78 is 15.2. The highest BCUT2D eigenvalue weighted by Crippen LogP contribution is 2.35. The zero-order valence-electron chi connectivity index (χ0n) is 97.0. The molecule has 0 amide bonds. The predicted octanol–water partition coefficient (Wildman–Crippen LogP) is 25.3. The van der Waals surface area contributed by atoms with Gasteiger partial charge in [-0.3, -0.25) is 9.80 Å². The van der Waals surface area contributed by atoms with Crippen molar-refractivity contribution in [1.82, 2.24) is 55.0 Å². The van der Waals surface area contributed by atoms with E-state index in [-0.39, 0.29) is 55.3 Å². The number of nitrogens with one attached hydrogen (secondary N) is 3. The summed E-state index contributed by atoms with van der Waals surface area (Å²) in [5.41, 5.74) is 23.5. The van der Waals surface area contributed by atoms with Crippen LogP contribution in [0.25, 0.3) is 11.4 Å². The van der Waals surface area contributed by atoms with E-state index in [1.165, 1.54) is 137 Å². The molecule has 0 radical (unpaired) electrons. The lowest BCUT2D eigenvalue weighted by Crippen LogP contribution is -2.47. The van der Waals surface area contributed by atoms with E-state index in [9.17, 15) is 0 Å². The average molecular weight is 2020 g/mol. The van der Waals surface area contributed by atoms with E-state index in [1.54, 1.807) is 12.4 Å². The largest absolute Gasteiger partial charge is 0.490 e. The van der Waals surface area contributed by atoms with Crippen LogP contribution >= 0.6 is 0 Å². The number of likely N-dealkylation sites (N-methyl/N-ethyl adjacent to an activating group) is 1. The summed E-state index contributed by atoms with van der Waals surface area (Å²) in [6.07, 6.45) is 18.0. The summed E-state index contributed by atoms with van der Waals surface area (Å²) in [6.45, 7) is 88.6. The van der Waals surface area contributed by atoms with Crippen molar-refractivity contribution in [3.8, 4) is 17.1 Å². The fourth-order valence-corrected chi connectivity index (χ4v) is 18.5. The third-order valence-corrected chi connectivity index (χ3v) is 28.9. The van der Waals surface area contributed by atoms with Gasteiger partial charge in [-0.25, -0.2) is 14.6 Å². The van der Waals surface area contributed by atoms with Crippen molar-refractivity contribution >= 4 is 28.6 Å². The van der Waals surface area contributed by atoms with Crippen molar-refractivity contribution in [1.29, 1.82) is 0 Å². The Bertz CT molecular complexity index is 5070. The van der Waals surface area contributed by atoms with Crippen molar-refractivity contribution in [3.63, 3.8) is 0 Å². The number of anilines is 5. The first-order valence-corrected chi connectivity index (χ1v) is 55.6.